The third kappa shape index (κ3) is 3.69. The van der Waals surface area contributed by atoms with Crippen molar-refractivity contribution in [2.24, 2.45) is 0 Å². The van der Waals surface area contributed by atoms with E-state index < -0.39 is 0 Å². The fraction of sp³-hybridized carbons (Fsp3) is 0.125. The standard InChI is InChI=1S/C16H16S2/c1-17-15-9-5-13(6-10-15)3-4-14-7-11-16(18-2)12-8-14/h3-12H,1-2H3/b4-3+. The van der Waals surface area contributed by atoms with E-state index in [1.165, 1.54) is 20.9 Å². The van der Waals surface area contributed by atoms with E-state index in [1.807, 2.05) is 0 Å². The molecule has 0 bridgehead atoms. The molecule has 2 rings (SSSR count). The molecule has 0 N–H and O–H groups in total. The predicted octanol–water partition coefficient (Wildman–Crippen LogP) is 5.30. The van der Waals surface area contributed by atoms with Gasteiger partial charge in [0, 0.05) is 9.79 Å². The van der Waals surface area contributed by atoms with Gasteiger partial charge >= 0.3 is 0 Å². The smallest absolute Gasteiger partial charge is 0.00695 e. The van der Waals surface area contributed by atoms with Crippen molar-refractivity contribution in [1.82, 2.24) is 0 Å². The number of hydrogen-bond donors (Lipinski definition) is 0. The number of hydrogen-bond acceptors (Lipinski definition) is 2. The molecule has 0 nitrogen and oxygen atoms in total. The van der Waals surface area contributed by atoms with Crippen LogP contribution >= 0.6 is 23.5 Å². The molecule has 18 heavy (non-hydrogen) atoms. The summed E-state index contributed by atoms with van der Waals surface area (Å²) in [7, 11) is 0. The highest BCUT2D eigenvalue weighted by atomic mass is 32.2. The van der Waals surface area contributed by atoms with Gasteiger partial charge in [-0.15, -0.1) is 23.5 Å². The molecule has 0 aliphatic rings. The molecule has 2 aromatic rings. The molecule has 0 fully saturated rings. The normalized spacial score (nSPS) is 11.0. The Morgan fingerprint density at radius 3 is 1.22 bits per heavy atom. The molecule has 0 aliphatic carbocycles. The van der Waals surface area contributed by atoms with Gasteiger partial charge in [-0.05, 0) is 47.9 Å². The average molecular weight is 272 g/mol. The summed E-state index contributed by atoms with van der Waals surface area (Å²) in [6.45, 7) is 0. The number of rotatable bonds is 4. The van der Waals surface area contributed by atoms with Crippen LogP contribution in [-0.4, -0.2) is 12.5 Å². The van der Waals surface area contributed by atoms with Crippen molar-refractivity contribution < 1.29 is 0 Å². The maximum Gasteiger partial charge on any atom is 0.00695 e. The highest BCUT2D eigenvalue weighted by Crippen LogP contribution is 2.18. The van der Waals surface area contributed by atoms with E-state index >= 15 is 0 Å². The summed E-state index contributed by atoms with van der Waals surface area (Å²) in [6.07, 6.45) is 8.49. The molecule has 0 aromatic heterocycles. The Kier molecular flexibility index (Phi) is 4.97. The summed E-state index contributed by atoms with van der Waals surface area (Å²) in [6, 6.07) is 17.2. The highest BCUT2D eigenvalue weighted by Gasteiger charge is 1.91. The van der Waals surface area contributed by atoms with Crippen LogP contribution in [0.25, 0.3) is 12.2 Å². The Balaban J connectivity index is 2.08. The molecule has 0 heterocycles. The summed E-state index contributed by atoms with van der Waals surface area (Å²) in [5.74, 6) is 0. The Morgan fingerprint density at radius 2 is 0.944 bits per heavy atom. The van der Waals surface area contributed by atoms with E-state index in [0.717, 1.165) is 0 Å². The number of benzene rings is 2. The predicted molar refractivity (Wildman–Crippen MR) is 85.4 cm³/mol. The first-order valence-electron chi connectivity index (χ1n) is 5.78. The van der Waals surface area contributed by atoms with Crippen LogP contribution < -0.4 is 0 Å². The molecular weight excluding hydrogens is 256 g/mol. The molecule has 0 saturated carbocycles. The van der Waals surface area contributed by atoms with Gasteiger partial charge in [0.05, 0.1) is 0 Å². The summed E-state index contributed by atoms with van der Waals surface area (Å²) >= 11 is 3.54. The first kappa shape index (κ1) is 13.3. The molecule has 2 aromatic carbocycles. The third-order valence-corrected chi connectivity index (χ3v) is 4.19. The summed E-state index contributed by atoms with van der Waals surface area (Å²) in [5.41, 5.74) is 2.48. The van der Waals surface area contributed by atoms with Gasteiger partial charge in [-0.1, -0.05) is 36.4 Å². The molecule has 0 aliphatic heterocycles. The maximum absolute atomic E-state index is 2.15. The lowest BCUT2D eigenvalue weighted by molar-refractivity contribution is 1.45. The lowest BCUT2D eigenvalue weighted by Gasteiger charge is -1.98. The first-order chi connectivity index (χ1) is 8.81. The van der Waals surface area contributed by atoms with Crippen molar-refractivity contribution in [3.8, 4) is 0 Å². The van der Waals surface area contributed by atoms with Crippen molar-refractivity contribution in [3.63, 3.8) is 0 Å². The topological polar surface area (TPSA) is 0 Å². The summed E-state index contributed by atoms with van der Waals surface area (Å²) < 4.78 is 0. The quantitative estimate of drug-likeness (QED) is 0.547. The lowest BCUT2D eigenvalue weighted by Crippen LogP contribution is -1.75. The van der Waals surface area contributed by atoms with Crippen molar-refractivity contribution in [3.05, 3.63) is 59.7 Å². The lowest BCUT2D eigenvalue weighted by atomic mass is 10.1. The fourth-order valence-corrected chi connectivity index (χ4v) is 2.44. The van der Waals surface area contributed by atoms with Gasteiger partial charge < -0.3 is 0 Å². The van der Waals surface area contributed by atoms with Gasteiger partial charge in [0.1, 0.15) is 0 Å². The van der Waals surface area contributed by atoms with E-state index in [1.54, 1.807) is 23.5 Å². The monoisotopic (exact) mass is 272 g/mol. The molecule has 0 amide bonds. The molecule has 0 atom stereocenters. The summed E-state index contributed by atoms with van der Waals surface area (Å²) in [4.78, 5) is 2.60. The van der Waals surface area contributed by atoms with E-state index in [0.29, 0.717) is 0 Å². The minimum atomic E-state index is 1.24. The van der Waals surface area contributed by atoms with Gasteiger partial charge in [0.25, 0.3) is 0 Å². The molecular formula is C16H16S2. The Bertz CT molecular complexity index is 460. The zero-order chi connectivity index (χ0) is 12.8. The zero-order valence-electron chi connectivity index (χ0n) is 10.6. The largest absolute Gasteiger partial charge is 0.130 e. The van der Waals surface area contributed by atoms with Crippen molar-refractivity contribution in [2.45, 2.75) is 9.79 Å². The van der Waals surface area contributed by atoms with Gasteiger partial charge in [0.15, 0.2) is 0 Å². The van der Waals surface area contributed by atoms with Gasteiger partial charge in [0.2, 0.25) is 0 Å². The van der Waals surface area contributed by atoms with Crippen molar-refractivity contribution >= 4 is 35.7 Å². The molecule has 0 saturated heterocycles. The molecule has 0 radical (unpaired) electrons. The third-order valence-electron chi connectivity index (χ3n) is 2.70. The second-order valence-corrected chi connectivity index (χ2v) is 5.64. The Labute approximate surface area is 118 Å². The van der Waals surface area contributed by atoms with Crippen LogP contribution in [0.4, 0.5) is 0 Å². The van der Waals surface area contributed by atoms with Crippen molar-refractivity contribution in [2.75, 3.05) is 12.5 Å². The van der Waals surface area contributed by atoms with Crippen LogP contribution in [0, 0.1) is 0 Å². The maximum atomic E-state index is 2.15. The minimum Gasteiger partial charge on any atom is -0.130 e. The Hall–Kier alpha value is -1.12. The van der Waals surface area contributed by atoms with E-state index in [-0.39, 0.29) is 0 Å². The van der Waals surface area contributed by atoms with Crippen LogP contribution in [0.3, 0.4) is 0 Å². The van der Waals surface area contributed by atoms with E-state index in [9.17, 15) is 0 Å². The number of thioether (sulfide) groups is 2. The second-order valence-electron chi connectivity index (χ2n) is 3.88. The van der Waals surface area contributed by atoms with Gasteiger partial charge in [-0.2, -0.15) is 0 Å². The van der Waals surface area contributed by atoms with Crippen LogP contribution in [0.1, 0.15) is 11.1 Å². The van der Waals surface area contributed by atoms with E-state index in [4.69, 9.17) is 0 Å². The van der Waals surface area contributed by atoms with Crippen molar-refractivity contribution in [1.29, 1.82) is 0 Å². The van der Waals surface area contributed by atoms with E-state index in [2.05, 4.69) is 73.2 Å². The molecule has 2 heteroatoms. The SMILES string of the molecule is CSc1ccc(/C=C/c2ccc(SC)cc2)cc1. The van der Waals surface area contributed by atoms with Crippen LogP contribution in [0.5, 0.6) is 0 Å². The average Bonchev–Trinajstić information content (AvgIpc) is 2.46. The molecule has 0 spiro atoms. The fourth-order valence-electron chi connectivity index (χ4n) is 1.62. The molecule has 92 valence electrons. The van der Waals surface area contributed by atoms with Crippen LogP contribution in [-0.2, 0) is 0 Å². The van der Waals surface area contributed by atoms with Crippen LogP contribution in [0.2, 0.25) is 0 Å². The molecule has 0 unspecified atom stereocenters. The highest BCUT2D eigenvalue weighted by molar-refractivity contribution is 7.98. The van der Waals surface area contributed by atoms with Gasteiger partial charge in [-0.25, -0.2) is 0 Å². The first-order valence-corrected chi connectivity index (χ1v) is 8.23. The van der Waals surface area contributed by atoms with Gasteiger partial charge in [-0.3, -0.25) is 0 Å². The van der Waals surface area contributed by atoms with Crippen LogP contribution in [0.15, 0.2) is 58.3 Å². The minimum absolute atomic E-state index is 1.24. The Morgan fingerprint density at radius 1 is 0.611 bits per heavy atom. The summed E-state index contributed by atoms with van der Waals surface area (Å²) in [5, 5.41) is 0. The zero-order valence-corrected chi connectivity index (χ0v) is 12.2. The second kappa shape index (κ2) is 6.72.